The Kier molecular flexibility index (Phi) is 30.4. The van der Waals surface area contributed by atoms with Gasteiger partial charge in [0.2, 0.25) is 10.0 Å². The molecular weight excluding hydrogens is 1470 g/mol. The summed E-state index contributed by atoms with van der Waals surface area (Å²) in [5, 5.41) is 55.7. The van der Waals surface area contributed by atoms with Crippen molar-refractivity contribution in [2.75, 3.05) is 112 Å². The Hall–Kier alpha value is -7.93. The van der Waals surface area contributed by atoms with Crippen LogP contribution < -0.4 is 31.2 Å². The van der Waals surface area contributed by atoms with Gasteiger partial charge in [-0.2, -0.15) is 40.8 Å². The van der Waals surface area contributed by atoms with E-state index in [2.05, 4.69) is 45.6 Å². The number of alkyl halides is 6. The molecule has 6 aromatic rings. The van der Waals surface area contributed by atoms with Crippen molar-refractivity contribution >= 4 is 75.6 Å². The number of H-pyrrole nitrogens is 2. The van der Waals surface area contributed by atoms with Crippen LogP contribution in [0.5, 0.6) is 11.5 Å². The highest BCUT2D eigenvalue weighted by molar-refractivity contribution is 8.13. The Morgan fingerprint density at radius 2 is 0.990 bits per heavy atom. The molecule has 584 valence electrons. The van der Waals surface area contributed by atoms with Crippen molar-refractivity contribution in [3.63, 3.8) is 0 Å². The average molecular weight is 1560 g/mol. The number of benzene rings is 2. The molecule has 6 aliphatic heterocycles. The third-order valence-electron chi connectivity index (χ3n) is 16.5. The first kappa shape index (κ1) is 86.0. The number of carbonyl (C=O) groups is 4. The van der Waals surface area contributed by atoms with Crippen LogP contribution in [-0.2, 0) is 65.1 Å². The number of carbonyl (C=O) groups excluding carboxylic acids is 2. The number of rotatable bonds is 18. The number of Topliss-reactive ketones (excluding diaryl/α,β-unsaturated/α-hetero) is 1. The van der Waals surface area contributed by atoms with Gasteiger partial charge in [0, 0.05) is 140 Å². The number of hydrogen-bond acceptors (Lipinski definition) is 24. The molecule has 0 spiro atoms. The van der Waals surface area contributed by atoms with Crippen molar-refractivity contribution in [1.29, 1.82) is 0 Å². The van der Waals surface area contributed by atoms with E-state index in [0.29, 0.717) is 115 Å². The molecule has 0 atom stereocenters. The second-order valence-corrected chi connectivity index (χ2v) is 30.5. The minimum atomic E-state index is -5.08. The number of aromatic amines is 2. The van der Waals surface area contributed by atoms with E-state index >= 15 is 0 Å². The van der Waals surface area contributed by atoms with Crippen LogP contribution in [-0.4, -0.2) is 266 Å². The highest BCUT2D eigenvalue weighted by Crippen LogP contribution is 2.36. The molecule has 4 aromatic heterocycles. The molecule has 0 bridgehead atoms. The van der Waals surface area contributed by atoms with Crippen molar-refractivity contribution in [1.82, 2.24) is 69.1 Å². The van der Waals surface area contributed by atoms with E-state index in [9.17, 15) is 67.5 Å². The van der Waals surface area contributed by atoms with E-state index in [-0.39, 0.29) is 70.0 Å². The van der Waals surface area contributed by atoms with Crippen molar-refractivity contribution in [3.05, 3.63) is 68.5 Å². The van der Waals surface area contributed by atoms with Gasteiger partial charge >= 0.3 is 30.4 Å². The molecule has 6 fully saturated rings. The Bertz CT molecular complexity index is 4300. The third kappa shape index (κ3) is 23.3. The van der Waals surface area contributed by atoms with E-state index in [1.807, 2.05) is 20.8 Å². The number of halogens is 7. The largest absolute Gasteiger partial charge is 0.493 e. The first-order valence-corrected chi connectivity index (χ1v) is 37.1. The molecular formula is C64H89ClF6N14O18S2. The maximum absolute atomic E-state index is 13.4. The summed E-state index contributed by atoms with van der Waals surface area (Å²) in [4.78, 5) is 85.9. The van der Waals surface area contributed by atoms with Crippen molar-refractivity contribution < 1.29 is 102 Å². The summed E-state index contributed by atoms with van der Waals surface area (Å²) in [6, 6.07) is 9.81. The smallest absolute Gasteiger partial charge is 0.490 e. The number of nitrogens with one attached hydrogen (secondary N) is 4. The van der Waals surface area contributed by atoms with Gasteiger partial charge in [0.15, 0.2) is 16.8 Å². The number of aryl methyl sites for hydroxylation is 4. The number of amides is 1. The summed E-state index contributed by atoms with van der Waals surface area (Å²) in [7, 11) is 1.18. The van der Waals surface area contributed by atoms with E-state index in [4.69, 9.17) is 59.9 Å². The fourth-order valence-corrected chi connectivity index (χ4v) is 13.0. The van der Waals surface area contributed by atoms with Crippen LogP contribution in [0.25, 0.3) is 44.8 Å². The lowest BCUT2D eigenvalue weighted by Crippen LogP contribution is -2.66. The normalized spacial score (nSPS) is 16.8. The fourth-order valence-electron chi connectivity index (χ4n) is 10.7. The molecule has 32 nitrogen and oxygen atoms in total. The SMILES string of the molecule is CC(C)(C)OC(=O)N1CC(=O)C1.CCCc1nn(C)c2c(=O)[nH]c(-c3cc(S(=O)(=O)Cl)ccc3OCC)nc12.CCCc1nn(C)c2c(=O)[nH]c(-c3cc(S(=O)(=O)N4CC(N5CC(CO)C5)C4)ccc3OCC)nc12.O=C(O)C(F)(F)F.O=C(O)C(F)(F)F.OCC1CN(C2CNC2)C1.OCC1CNC1. The van der Waals surface area contributed by atoms with Gasteiger partial charge in [-0.05, 0) is 83.9 Å². The monoisotopic (exact) mass is 1550 g/mol. The predicted octanol–water partition coefficient (Wildman–Crippen LogP) is 3.73. The van der Waals surface area contributed by atoms with E-state index in [1.54, 1.807) is 47.9 Å². The van der Waals surface area contributed by atoms with E-state index in [0.717, 1.165) is 76.9 Å². The summed E-state index contributed by atoms with van der Waals surface area (Å²) >= 11 is 0. The lowest BCUT2D eigenvalue weighted by atomic mass is 9.96. The number of fused-ring (bicyclic) bond motifs is 2. The Balaban J connectivity index is 0.000000217. The number of hydrogen-bond donors (Lipinski definition) is 9. The molecule has 105 heavy (non-hydrogen) atoms. The zero-order chi connectivity index (χ0) is 78.3. The van der Waals surface area contributed by atoms with Gasteiger partial charge in [-0.3, -0.25) is 38.4 Å². The number of likely N-dealkylation sites (tertiary alicyclic amines) is 3. The zero-order valence-corrected chi connectivity index (χ0v) is 61.6. The number of nitrogens with zero attached hydrogens (tertiary/aromatic N) is 10. The van der Waals surface area contributed by atoms with Gasteiger partial charge < -0.3 is 60.3 Å². The maximum atomic E-state index is 13.4. The highest BCUT2D eigenvalue weighted by Gasteiger charge is 2.44. The molecule has 0 aliphatic carbocycles. The molecule has 6 saturated heterocycles. The topological polar surface area (TPSA) is 430 Å². The van der Waals surface area contributed by atoms with Crippen LogP contribution in [0.2, 0.25) is 0 Å². The molecule has 10 heterocycles. The van der Waals surface area contributed by atoms with Crippen LogP contribution in [0, 0.1) is 17.8 Å². The predicted molar refractivity (Wildman–Crippen MR) is 370 cm³/mol. The van der Waals surface area contributed by atoms with Gasteiger partial charge in [-0.25, -0.2) is 41.2 Å². The first-order valence-electron chi connectivity index (χ1n) is 33.4. The molecule has 0 unspecified atom stereocenters. The number of aromatic nitrogens is 8. The molecule has 6 aliphatic rings. The quantitative estimate of drug-likeness (QED) is 0.0437. The number of sulfonamides is 1. The van der Waals surface area contributed by atoms with Crippen LogP contribution >= 0.6 is 10.7 Å². The van der Waals surface area contributed by atoms with Gasteiger partial charge in [0.05, 0.1) is 58.6 Å². The zero-order valence-electron chi connectivity index (χ0n) is 59.2. The molecule has 41 heteroatoms. The Labute approximate surface area is 604 Å². The van der Waals surface area contributed by atoms with Crippen LogP contribution in [0.15, 0.2) is 55.8 Å². The van der Waals surface area contributed by atoms with Gasteiger partial charge in [-0.1, -0.05) is 26.7 Å². The van der Waals surface area contributed by atoms with Crippen LogP contribution in [0.3, 0.4) is 0 Å². The molecule has 12 rings (SSSR count). The summed E-state index contributed by atoms with van der Waals surface area (Å²) in [6.45, 7) is 24.1. The first-order chi connectivity index (χ1) is 49.1. The molecule has 9 N–H and O–H groups in total. The fraction of sp³-hybridized carbons (Fsp3) is 0.594. The number of aliphatic hydroxyl groups is 3. The van der Waals surface area contributed by atoms with Gasteiger partial charge in [0.1, 0.15) is 39.8 Å². The van der Waals surface area contributed by atoms with Crippen LogP contribution in [0.4, 0.5) is 31.1 Å². The number of ketones is 1. The number of carboxylic acids is 2. The minimum Gasteiger partial charge on any atom is -0.493 e. The Morgan fingerprint density at radius 1 is 0.600 bits per heavy atom. The summed E-state index contributed by atoms with van der Waals surface area (Å²) in [5.74, 6) is -2.73. The van der Waals surface area contributed by atoms with Crippen molar-refractivity contribution in [2.24, 2.45) is 31.8 Å². The molecule has 1 amide bonds. The second kappa shape index (κ2) is 37.1. The number of carboxylic acid groups (broad SMARTS) is 2. The molecule has 0 saturated carbocycles. The highest BCUT2D eigenvalue weighted by atomic mass is 35.7. The minimum absolute atomic E-state index is 0.0841. The maximum Gasteiger partial charge on any atom is 0.490 e. The molecule has 0 radical (unpaired) electrons. The lowest BCUT2D eigenvalue weighted by molar-refractivity contribution is -0.193. The van der Waals surface area contributed by atoms with E-state index in [1.165, 1.54) is 48.9 Å². The average Bonchev–Trinajstić information content (AvgIpc) is 1.67. The van der Waals surface area contributed by atoms with Gasteiger partial charge in [0.25, 0.3) is 20.2 Å². The van der Waals surface area contributed by atoms with Crippen molar-refractivity contribution in [3.8, 4) is 34.3 Å². The molecule has 2 aromatic carbocycles. The second-order valence-electron chi connectivity index (χ2n) is 26.0. The van der Waals surface area contributed by atoms with E-state index < -0.39 is 55.1 Å². The standard InChI is InChI=1S/C24H32N6O5S.C17H19ClN4O4S.C8H13NO3.C7H14N2O.C4H9NO.2C2HF3O2/c1-4-6-19-21-22(28(3)27-19)24(32)26-23(25-21)18-9-17(7-8-20(18)35-5-2)36(33,34)30-12-16(13-30)29-10-15(11-29)14-31;1-4-6-12-14-15(22(3)21-12)17(23)20-16(19-14)11-9-10(27(18,24)25)7-8-13(11)26-5-2;1-8(2,3)12-7(11)9-4-6(10)5-9;10-5-6-3-9(4-6)7-1-8-2-7;6-3-4-1-5-2-4;2*3-2(4,5)1(6)7/h7-9,15-16,31H,4-6,10-14H2,1-3H3,(H,25,26,32);7-9H,4-6H2,1-3H3,(H,19,20,23);4-5H2,1-3H3;6-8,10H,1-5H2;4-6H,1-3H2;2*(H,6,7). The van der Waals surface area contributed by atoms with Crippen LogP contribution in [0.1, 0.15) is 72.7 Å². The summed E-state index contributed by atoms with van der Waals surface area (Å²) in [5.41, 5.74) is 2.74. The lowest BCUT2D eigenvalue weighted by Gasteiger charge is -2.50. The Morgan fingerprint density at radius 3 is 1.30 bits per heavy atom. The number of ether oxygens (including phenoxy) is 3. The summed E-state index contributed by atoms with van der Waals surface area (Å²) in [6.07, 6.45) is -7.53. The van der Waals surface area contributed by atoms with Crippen molar-refractivity contribution in [2.45, 2.75) is 114 Å². The number of aliphatic hydroxyl groups excluding tert-OH is 3. The van der Waals surface area contributed by atoms with Gasteiger partial charge in [-0.15, -0.1) is 0 Å². The number of aliphatic carboxylic acids is 2. The third-order valence-corrected chi connectivity index (χ3v) is 19.7. The summed E-state index contributed by atoms with van der Waals surface area (Å²) < 4.78 is 135.